The van der Waals surface area contributed by atoms with E-state index in [0.717, 1.165) is 11.3 Å². The molecule has 3 aromatic heterocycles. The van der Waals surface area contributed by atoms with Crippen LogP contribution >= 0.6 is 0 Å². The lowest BCUT2D eigenvalue weighted by Crippen LogP contribution is -2.39. The Balaban J connectivity index is 1.44. The molecule has 0 aliphatic carbocycles. The Labute approximate surface area is 235 Å². The molecule has 0 saturated heterocycles. The fourth-order valence-corrected chi connectivity index (χ4v) is 4.11. The van der Waals surface area contributed by atoms with Crippen LogP contribution in [0.4, 0.5) is 23.1 Å². The largest absolute Gasteiger partial charge is 0.390 e. The summed E-state index contributed by atoms with van der Waals surface area (Å²) in [4.78, 5) is 40.4. The van der Waals surface area contributed by atoms with Crippen LogP contribution in [0.15, 0.2) is 61.3 Å². The molecule has 0 radical (unpaired) electrons. The zero-order chi connectivity index (χ0) is 29.4. The van der Waals surface area contributed by atoms with Gasteiger partial charge in [-0.25, -0.2) is 15.0 Å². The molecule has 0 aliphatic heterocycles. The van der Waals surface area contributed by atoms with E-state index >= 15 is 0 Å². The average molecular weight is 552 g/mol. The van der Waals surface area contributed by atoms with Crippen LogP contribution in [-0.4, -0.2) is 60.5 Å². The number of nitrogens with one attached hydrogen (secondary N) is 2. The number of aryl methyl sites for hydroxylation is 1. The van der Waals surface area contributed by atoms with Gasteiger partial charge in [0.2, 0.25) is 12.2 Å². The zero-order valence-corrected chi connectivity index (χ0v) is 22.5. The number of benzene rings is 1. The number of nitrogens with zero attached hydrogens (tertiary/aromatic N) is 8. The van der Waals surface area contributed by atoms with Crippen LogP contribution in [0.3, 0.4) is 0 Å². The first-order chi connectivity index (χ1) is 19.7. The van der Waals surface area contributed by atoms with E-state index in [1.807, 2.05) is 44.4 Å². The lowest BCUT2D eigenvalue weighted by atomic mass is 10.2. The number of terminal acetylenes is 1. The Morgan fingerprint density at radius 1 is 1.24 bits per heavy atom. The minimum absolute atomic E-state index is 0.208. The lowest BCUT2D eigenvalue weighted by Gasteiger charge is -2.28. The molecule has 13 nitrogen and oxygen atoms in total. The van der Waals surface area contributed by atoms with Gasteiger partial charge < -0.3 is 29.8 Å². The summed E-state index contributed by atoms with van der Waals surface area (Å²) >= 11 is 0. The van der Waals surface area contributed by atoms with E-state index in [-0.39, 0.29) is 18.8 Å². The highest BCUT2D eigenvalue weighted by molar-refractivity contribution is 6.00. The topological polar surface area (TPSA) is 165 Å². The molecule has 1 amide bonds. The summed E-state index contributed by atoms with van der Waals surface area (Å²) in [5, 5.41) is 27.0. The third-order valence-corrected chi connectivity index (χ3v) is 6.07. The molecule has 206 valence electrons. The molecule has 13 heteroatoms. The number of nitriles is 1. The van der Waals surface area contributed by atoms with Gasteiger partial charge in [0.1, 0.15) is 24.5 Å². The van der Waals surface area contributed by atoms with E-state index in [4.69, 9.17) is 11.7 Å². The standard InChI is InChI=1S/C28H26N10O3/c1-4-20-8-5-9-21(14-20)34-27-22-15-25(30-16-23(22)31-18-32-27)35-26(39)10-6-13-38(2,3)17-24-28(37(40)41)33-19-36(24)12-7-11-29/h1,5-6,8-10,14-16,18-19H,7,12-13,17H2,2-3H3,(H-,30,31,32,34,35,39)/p+1/b10-6+. The molecular formula is C28H27N10O3+. The summed E-state index contributed by atoms with van der Waals surface area (Å²) in [6.07, 6.45) is 13.1. The molecule has 0 aliphatic rings. The number of anilines is 3. The van der Waals surface area contributed by atoms with Gasteiger partial charge in [-0.2, -0.15) is 5.26 Å². The third kappa shape index (κ3) is 7.26. The molecule has 0 saturated carbocycles. The van der Waals surface area contributed by atoms with Crippen molar-refractivity contribution in [3.05, 3.63) is 82.7 Å². The average Bonchev–Trinajstić information content (AvgIpc) is 3.33. The summed E-state index contributed by atoms with van der Waals surface area (Å²) < 4.78 is 1.94. The molecule has 2 N–H and O–H groups in total. The van der Waals surface area contributed by atoms with Crippen molar-refractivity contribution in [1.29, 1.82) is 5.26 Å². The Morgan fingerprint density at radius 3 is 2.83 bits per heavy atom. The molecule has 41 heavy (non-hydrogen) atoms. The lowest BCUT2D eigenvalue weighted by molar-refractivity contribution is -0.898. The Hall–Kier alpha value is -5.66. The van der Waals surface area contributed by atoms with Gasteiger partial charge in [0.05, 0.1) is 44.8 Å². The highest BCUT2D eigenvalue weighted by Crippen LogP contribution is 2.25. The molecule has 1 aromatic carbocycles. The minimum atomic E-state index is -0.529. The van der Waals surface area contributed by atoms with Crippen LogP contribution in [0.2, 0.25) is 0 Å². The summed E-state index contributed by atoms with van der Waals surface area (Å²) in [5.41, 5.74) is 2.49. The van der Waals surface area contributed by atoms with Crippen molar-refractivity contribution in [3.8, 4) is 18.4 Å². The molecule has 0 atom stereocenters. The summed E-state index contributed by atoms with van der Waals surface area (Å²) in [5.74, 6) is 2.81. The third-order valence-electron chi connectivity index (χ3n) is 6.07. The zero-order valence-electron chi connectivity index (χ0n) is 22.5. The first kappa shape index (κ1) is 28.4. The quantitative estimate of drug-likeness (QED) is 0.0932. The van der Waals surface area contributed by atoms with Crippen molar-refractivity contribution in [1.82, 2.24) is 24.5 Å². The second kappa shape index (κ2) is 12.5. The molecule has 4 rings (SSSR count). The predicted molar refractivity (Wildman–Crippen MR) is 153 cm³/mol. The highest BCUT2D eigenvalue weighted by atomic mass is 16.6. The second-order valence-corrected chi connectivity index (χ2v) is 9.70. The SMILES string of the molecule is C#Cc1cccc(Nc2ncnc3cnc(NC(=O)/C=C/C[N+](C)(C)Cc4c([N+](=O)[O-])ncn4CCC#N)cc23)c1. The number of fused-ring (bicyclic) bond motifs is 1. The second-order valence-electron chi connectivity index (χ2n) is 9.70. The number of amides is 1. The molecule has 0 bridgehead atoms. The van der Waals surface area contributed by atoms with Crippen LogP contribution in [0.1, 0.15) is 17.7 Å². The summed E-state index contributed by atoms with van der Waals surface area (Å²) in [6.45, 7) is 0.987. The Morgan fingerprint density at radius 2 is 2.07 bits per heavy atom. The van der Waals surface area contributed by atoms with E-state index in [1.165, 1.54) is 18.7 Å². The number of imidazole rings is 1. The molecule has 3 heterocycles. The van der Waals surface area contributed by atoms with Gasteiger partial charge in [-0.3, -0.25) is 4.79 Å². The number of hydrogen-bond acceptors (Lipinski definition) is 9. The van der Waals surface area contributed by atoms with Crippen LogP contribution in [0.25, 0.3) is 10.9 Å². The monoisotopic (exact) mass is 551 g/mol. The van der Waals surface area contributed by atoms with Crippen LogP contribution < -0.4 is 10.6 Å². The van der Waals surface area contributed by atoms with E-state index in [0.29, 0.717) is 45.8 Å². The predicted octanol–water partition coefficient (Wildman–Crippen LogP) is 3.54. The van der Waals surface area contributed by atoms with Crippen LogP contribution in [0.5, 0.6) is 0 Å². The molecule has 4 aromatic rings. The minimum Gasteiger partial charge on any atom is -0.358 e. The Kier molecular flexibility index (Phi) is 8.62. The maximum atomic E-state index is 12.7. The fourth-order valence-electron chi connectivity index (χ4n) is 4.11. The van der Waals surface area contributed by atoms with Gasteiger partial charge in [0.25, 0.3) is 0 Å². The van der Waals surface area contributed by atoms with E-state index in [9.17, 15) is 14.9 Å². The van der Waals surface area contributed by atoms with Crippen molar-refractivity contribution in [2.24, 2.45) is 0 Å². The van der Waals surface area contributed by atoms with Crippen molar-refractivity contribution in [2.45, 2.75) is 19.5 Å². The van der Waals surface area contributed by atoms with Gasteiger partial charge in [-0.15, -0.1) is 6.42 Å². The number of aromatic nitrogens is 5. The number of hydrogen-bond donors (Lipinski definition) is 2. The number of carbonyl (C=O) groups is 1. The van der Waals surface area contributed by atoms with Gasteiger partial charge in [-0.05, 0) is 40.2 Å². The summed E-state index contributed by atoms with van der Waals surface area (Å²) in [6, 6.07) is 11.1. The van der Waals surface area contributed by atoms with Gasteiger partial charge in [-0.1, -0.05) is 12.0 Å². The Bertz CT molecular complexity index is 1710. The van der Waals surface area contributed by atoms with Gasteiger partial charge in [0.15, 0.2) is 5.69 Å². The van der Waals surface area contributed by atoms with Crippen LogP contribution in [-0.2, 0) is 17.9 Å². The summed E-state index contributed by atoms with van der Waals surface area (Å²) in [7, 11) is 3.76. The highest BCUT2D eigenvalue weighted by Gasteiger charge is 2.28. The number of carbonyl (C=O) groups excluding carboxylic acids is 1. The number of quaternary nitrogens is 1. The number of likely N-dealkylation sites (N-methyl/N-ethyl adjacent to an activating group) is 1. The first-order valence-corrected chi connectivity index (χ1v) is 12.5. The van der Waals surface area contributed by atoms with Crippen molar-refractivity contribution in [2.75, 3.05) is 31.3 Å². The number of rotatable bonds is 11. The maximum absolute atomic E-state index is 12.7. The number of nitro groups is 1. The molecule has 0 spiro atoms. The van der Waals surface area contributed by atoms with Gasteiger partial charge >= 0.3 is 5.82 Å². The van der Waals surface area contributed by atoms with E-state index in [2.05, 4.69) is 36.5 Å². The van der Waals surface area contributed by atoms with Crippen molar-refractivity contribution in [3.63, 3.8) is 0 Å². The first-order valence-electron chi connectivity index (χ1n) is 12.5. The number of pyridine rings is 1. The van der Waals surface area contributed by atoms with Crippen molar-refractivity contribution < 1.29 is 14.2 Å². The van der Waals surface area contributed by atoms with Gasteiger partial charge in [0, 0.05) is 29.3 Å². The normalized spacial score (nSPS) is 11.2. The van der Waals surface area contributed by atoms with E-state index < -0.39 is 10.8 Å². The van der Waals surface area contributed by atoms with Crippen molar-refractivity contribution >= 4 is 40.0 Å². The maximum Gasteiger partial charge on any atom is 0.390 e. The smallest absolute Gasteiger partial charge is 0.358 e. The molecular weight excluding hydrogens is 524 g/mol. The molecule has 0 fully saturated rings. The van der Waals surface area contributed by atoms with Crippen LogP contribution in [0, 0.1) is 33.8 Å². The fraction of sp³-hybridized carbons (Fsp3) is 0.214. The van der Waals surface area contributed by atoms with E-state index in [1.54, 1.807) is 22.9 Å². The molecule has 0 unspecified atom stereocenters.